The van der Waals surface area contributed by atoms with Crippen molar-refractivity contribution in [3.05, 3.63) is 59.6 Å². The van der Waals surface area contributed by atoms with Crippen LogP contribution in [-0.4, -0.2) is 36.0 Å². The summed E-state index contributed by atoms with van der Waals surface area (Å²) in [6, 6.07) is 5.57. The van der Waals surface area contributed by atoms with Gasteiger partial charge in [0.05, 0.1) is 34.8 Å². The third-order valence-electron chi connectivity index (χ3n) is 4.25. The molecule has 0 radical (unpaired) electrons. The summed E-state index contributed by atoms with van der Waals surface area (Å²) in [4.78, 5) is 4.56. The minimum Gasteiger partial charge on any atom is -0.494 e. The Hall–Kier alpha value is -2.67. The number of hydrogen-bond donors (Lipinski definition) is 0. The SMILES string of the molecule is C=C(OCC)c1cn(Cc2cc(S(C)(=O)=O)c3ncc(C)cc3c2)nc1C. The van der Waals surface area contributed by atoms with E-state index < -0.39 is 9.84 Å². The number of pyridine rings is 1. The third kappa shape index (κ3) is 4.03. The second kappa shape index (κ2) is 7.15. The van der Waals surface area contributed by atoms with Gasteiger partial charge in [-0.2, -0.15) is 5.10 Å². The minimum absolute atomic E-state index is 0.234. The number of nitrogens with zero attached hydrogens (tertiary/aromatic N) is 3. The number of fused-ring (bicyclic) bond motifs is 1. The van der Waals surface area contributed by atoms with Gasteiger partial charge in [-0.3, -0.25) is 9.67 Å². The van der Waals surface area contributed by atoms with E-state index in [0.717, 1.165) is 27.8 Å². The van der Waals surface area contributed by atoms with Crippen molar-refractivity contribution in [2.24, 2.45) is 0 Å². The van der Waals surface area contributed by atoms with Crippen molar-refractivity contribution >= 4 is 26.5 Å². The first-order chi connectivity index (χ1) is 12.7. The summed E-state index contributed by atoms with van der Waals surface area (Å²) >= 11 is 0. The Balaban J connectivity index is 2.05. The van der Waals surface area contributed by atoms with Gasteiger partial charge in [0.15, 0.2) is 9.84 Å². The van der Waals surface area contributed by atoms with Crippen molar-refractivity contribution in [1.29, 1.82) is 0 Å². The lowest BCUT2D eigenvalue weighted by molar-refractivity contribution is 0.299. The Morgan fingerprint density at radius 3 is 2.67 bits per heavy atom. The zero-order valence-corrected chi connectivity index (χ0v) is 16.8. The average molecular weight is 385 g/mol. The van der Waals surface area contributed by atoms with Crippen LogP contribution in [0, 0.1) is 13.8 Å². The highest BCUT2D eigenvalue weighted by Gasteiger charge is 2.16. The molecule has 0 amide bonds. The van der Waals surface area contributed by atoms with E-state index in [1.54, 1.807) is 16.9 Å². The molecule has 3 aromatic rings. The number of rotatable bonds is 6. The van der Waals surface area contributed by atoms with Crippen LogP contribution in [0.3, 0.4) is 0 Å². The molecule has 1 aromatic carbocycles. The molecule has 3 rings (SSSR count). The molecular formula is C20H23N3O3S. The first-order valence-corrected chi connectivity index (χ1v) is 10.5. The zero-order valence-electron chi connectivity index (χ0n) is 16.0. The van der Waals surface area contributed by atoms with Crippen LogP contribution in [-0.2, 0) is 21.1 Å². The van der Waals surface area contributed by atoms with Gasteiger partial charge in [0.2, 0.25) is 0 Å². The van der Waals surface area contributed by atoms with E-state index in [1.807, 2.05) is 39.1 Å². The molecule has 0 saturated heterocycles. The van der Waals surface area contributed by atoms with Crippen LogP contribution >= 0.6 is 0 Å². The molecule has 0 aliphatic carbocycles. The molecule has 0 aliphatic rings. The fourth-order valence-corrected chi connectivity index (χ4v) is 3.96. The summed E-state index contributed by atoms with van der Waals surface area (Å²) in [6.45, 7) is 10.6. The van der Waals surface area contributed by atoms with Crippen molar-refractivity contribution in [2.45, 2.75) is 32.2 Å². The van der Waals surface area contributed by atoms with E-state index in [0.29, 0.717) is 24.4 Å². The molecule has 142 valence electrons. The molecule has 0 saturated carbocycles. The van der Waals surface area contributed by atoms with Gasteiger partial charge in [-0.05, 0) is 50.1 Å². The molecule has 2 aromatic heterocycles. The number of aromatic nitrogens is 3. The highest BCUT2D eigenvalue weighted by molar-refractivity contribution is 7.91. The van der Waals surface area contributed by atoms with Crippen LogP contribution in [0.25, 0.3) is 16.7 Å². The molecule has 0 unspecified atom stereocenters. The number of sulfone groups is 1. The van der Waals surface area contributed by atoms with Crippen molar-refractivity contribution in [3.63, 3.8) is 0 Å². The van der Waals surface area contributed by atoms with Gasteiger partial charge < -0.3 is 4.74 Å². The van der Waals surface area contributed by atoms with E-state index in [1.165, 1.54) is 6.26 Å². The van der Waals surface area contributed by atoms with Crippen LogP contribution in [0.1, 0.15) is 29.3 Å². The summed E-state index contributed by atoms with van der Waals surface area (Å²) < 4.78 is 31.8. The molecular weight excluding hydrogens is 362 g/mol. The van der Waals surface area contributed by atoms with E-state index in [9.17, 15) is 8.42 Å². The fraction of sp³-hybridized carbons (Fsp3) is 0.300. The number of benzene rings is 1. The van der Waals surface area contributed by atoms with Crippen LogP contribution in [0.2, 0.25) is 0 Å². The molecule has 0 aliphatic heterocycles. The summed E-state index contributed by atoms with van der Waals surface area (Å²) in [7, 11) is -3.41. The summed E-state index contributed by atoms with van der Waals surface area (Å²) in [6.07, 6.45) is 4.75. The first kappa shape index (κ1) is 19.1. The normalized spacial score (nSPS) is 11.7. The minimum atomic E-state index is -3.41. The monoisotopic (exact) mass is 385 g/mol. The van der Waals surface area contributed by atoms with Gasteiger partial charge in [-0.1, -0.05) is 6.58 Å². The maximum atomic E-state index is 12.3. The van der Waals surface area contributed by atoms with E-state index in [-0.39, 0.29) is 4.90 Å². The molecule has 2 heterocycles. The van der Waals surface area contributed by atoms with E-state index >= 15 is 0 Å². The van der Waals surface area contributed by atoms with E-state index in [2.05, 4.69) is 16.7 Å². The Morgan fingerprint density at radius 2 is 2.00 bits per heavy atom. The molecule has 0 bridgehead atoms. The topological polar surface area (TPSA) is 74.1 Å². The van der Waals surface area contributed by atoms with Crippen molar-refractivity contribution in [3.8, 4) is 0 Å². The summed E-state index contributed by atoms with van der Waals surface area (Å²) in [5.41, 5.74) is 3.97. The van der Waals surface area contributed by atoms with Gasteiger partial charge in [-0.25, -0.2) is 8.42 Å². The number of aryl methyl sites for hydroxylation is 2. The highest BCUT2D eigenvalue weighted by atomic mass is 32.2. The fourth-order valence-electron chi connectivity index (χ4n) is 3.07. The highest BCUT2D eigenvalue weighted by Crippen LogP contribution is 2.25. The van der Waals surface area contributed by atoms with Crippen LogP contribution in [0.5, 0.6) is 0 Å². The van der Waals surface area contributed by atoms with Crippen molar-refractivity contribution < 1.29 is 13.2 Å². The Labute approximate surface area is 159 Å². The Bertz CT molecular complexity index is 1130. The molecule has 0 spiro atoms. The second-order valence-corrected chi connectivity index (χ2v) is 8.62. The quantitative estimate of drug-likeness (QED) is 0.607. The first-order valence-electron chi connectivity index (χ1n) is 8.64. The van der Waals surface area contributed by atoms with E-state index in [4.69, 9.17) is 4.74 Å². The molecule has 27 heavy (non-hydrogen) atoms. The maximum absolute atomic E-state index is 12.3. The predicted molar refractivity (Wildman–Crippen MR) is 106 cm³/mol. The van der Waals surface area contributed by atoms with Crippen LogP contribution in [0.4, 0.5) is 0 Å². The van der Waals surface area contributed by atoms with Gasteiger partial charge in [0, 0.05) is 24.0 Å². The Kier molecular flexibility index (Phi) is 5.06. The van der Waals surface area contributed by atoms with Crippen LogP contribution < -0.4 is 0 Å². The Morgan fingerprint density at radius 1 is 1.26 bits per heavy atom. The second-order valence-electron chi connectivity index (χ2n) is 6.63. The average Bonchev–Trinajstić information content (AvgIpc) is 2.93. The van der Waals surface area contributed by atoms with Gasteiger partial charge in [0.1, 0.15) is 5.76 Å². The molecule has 6 nitrogen and oxygen atoms in total. The largest absolute Gasteiger partial charge is 0.494 e. The summed E-state index contributed by atoms with van der Waals surface area (Å²) in [5, 5.41) is 5.31. The van der Waals surface area contributed by atoms with Gasteiger partial charge in [-0.15, -0.1) is 0 Å². The van der Waals surface area contributed by atoms with Crippen LogP contribution in [0.15, 0.2) is 42.1 Å². The smallest absolute Gasteiger partial charge is 0.177 e. The number of hydrogen-bond acceptors (Lipinski definition) is 5. The molecule has 7 heteroatoms. The lowest BCUT2D eigenvalue weighted by atomic mass is 10.1. The standard InChI is InChI=1S/C20H23N3O3S/c1-6-26-15(4)18-12-23(22-14(18)3)11-16-8-17-7-13(2)10-21-20(17)19(9-16)27(5,24)25/h7-10,12H,4,6,11H2,1-3,5H3. The number of ether oxygens (including phenoxy) is 1. The lowest BCUT2D eigenvalue weighted by Crippen LogP contribution is -2.05. The lowest BCUT2D eigenvalue weighted by Gasteiger charge is -2.09. The molecule has 0 atom stereocenters. The maximum Gasteiger partial charge on any atom is 0.177 e. The van der Waals surface area contributed by atoms with Gasteiger partial charge >= 0.3 is 0 Å². The van der Waals surface area contributed by atoms with Gasteiger partial charge in [0.25, 0.3) is 0 Å². The predicted octanol–water partition coefficient (Wildman–Crippen LogP) is 3.51. The van der Waals surface area contributed by atoms with Crippen molar-refractivity contribution in [2.75, 3.05) is 12.9 Å². The molecule has 0 fully saturated rings. The molecule has 0 N–H and O–H groups in total. The zero-order chi connectivity index (χ0) is 19.8. The summed E-state index contributed by atoms with van der Waals surface area (Å²) in [5.74, 6) is 0.580. The third-order valence-corrected chi connectivity index (χ3v) is 5.36. The van der Waals surface area contributed by atoms with Crippen molar-refractivity contribution in [1.82, 2.24) is 14.8 Å².